The SMILES string of the molecule is CCOC(=O)C(CC(N)Cc1ccc(-c2cc(Cl)ccc2F)cc1)NCCCOC. The molecule has 0 fully saturated rings. The zero-order chi connectivity index (χ0) is 21.9. The molecule has 0 radical (unpaired) electrons. The Morgan fingerprint density at radius 2 is 1.97 bits per heavy atom. The van der Waals surface area contributed by atoms with Crippen LogP contribution in [0.25, 0.3) is 11.1 Å². The zero-order valence-electron chi connectivity index (χ0n) is 17.5. The van der Waals surface area contributed by atoms with Gasteiger partial charge in [0, 0.05) is 30.3 Å². The number of carbonyl (C=O) groups excluding carboxylic acids is 1. The van der Waals surface area contributed by atoms with Crippen molar-refractivity contribution in [3.8, 4) is 11.1 Å². The van der Waals surface area contributed by atoms with E-state index in [4.69, 9.17) is 26.8 Å². The third-order valence-corrected chi connectivity index (χ3v) is 4.95. The van der Waals surface area contributed by atoms with Gasteiger partial charge in [-0.3, -0.25) is 4.79 Å². The Hall–Kier alpha value is -1.99. The molecule has 0 saturated carbocycles. The number of halogens is 2. The summed E-state index contributed by atoms with van der Waals surface area (Å²) in [5, 5.41) is 3.70. The van der Waals surface area contributed by atoms with Crippen molar-refractivity contribution >= 4 is 17.6 Å². The first-order valence-corrected chi connectivity index (χ1v) is 10.5. The van der Waals surface area contributed by atoms with Crippen molar-refractivity contribution in [1.29, 1.82) is 0 Å². The third kappa shape index (κ3) is 7.69. The lowest BCUT2D eigenvalue weighted by Gasteiger charge is -2.21. The van der Waals surface area contributed by atoms with Crippen LogP contribution in [-0.4, -0.2) is 44.9 Å². The summed E-state index contributed by atoms with van der Waals surface area (Å²) >= 11 is 5.98. The fourth-order valence-electron chi connectivity index (χ4n) is 3.23. The normalized spacial score (nSPS) is 13.1. The molecule has 2 atom stereocenters. The molecule has 0 aliphatic carbocycles. The van der Waals surface area contributed by atoms with Crippen molar-refractivity contribution in [2.24, 2.45) is 5.73 Å². The Labute approximate surface area is 182 Å². The van der Waals surface area contributed by atoms with E-state index >= 15 is 0 Å². The highest BCUT2D eigenvalue weighted by atomic mass is 35.5. The summed E-state index contributed by atoms with van der Waals surface area (Å²) in [7, 11) is 1.64. The van der Waals surface area contributed by atoms with Gasteiger partial charge in [0.05, 0.1) is 6.61 Å². The minimum Gasteiger partial charge on any atom is -0.465 e. The summed E-state index contributed by atoms with van der Waals surface area (Å²) in [6.07, 6.45) is 1.84. The van der Waals surface area contributed by atoms with Crippen LogP contribution < -0.4 is 11.1 Å². The number of nitrogens with one attached hydrogen (secondary N) is 1. The predicted octanol–water partition coefficient (Wildman–Crippen LogP) is 3.96. The number of methoxy groups -OCH3 is 1. The standard InChI is InChI=1S/C23H30ClFN2O3/c1-3-30-23(28)22(27-11-4-12-29-2)15-19(26)13-16-5-7-17(8-6-16)20-14-18(24)9-10-21(20)25/h5-10,14,19,22,27H,3-4,11-13,15,26H2,1-2H3. The van der Waals surface area contributed by atoms with Gasteiger partial charge < -0.3 is 20.5 Å². The topological polar surface area (TPSA) is 73.6 Å². The van der Waals surface area contributed by atoms with Crippen molar-refractivity contribution in [3.05, 3.63) is 58.9 Å². The van der Waals surface area contributed by atoms with Gasteiger partial charge in [0.2, 0.25) is 0 Å². The second-order valence-corrected chi connectivity index (χ2v) is 7.56. The van der Waals surface area contributed by atoms with Gasteiger partial charge in [0.1, 0.15) is 11.9 Å². The molecule has 2 unspecified atom stereocenters. The lowest BCUT2D eigenvalue weighted by atomic mass is 9.97. The molecule has 0 heterocycles. The second kappa shape index (κ2) is 12.6. The van der Waals surface area contributed by atoms with Gasteiger partial charge in [-0.2, -0.15) is 0 Å². The average Bonchev–Trinajstić information content (AvgIpc) is 2.73. The van der Waals surface area contributed by atoms with Crippen molar-refractivity contribution < 1.29 is 18.7 Å². The number of benzene rings is 2. The van der Waals surface area contributed by atoms with E-state index in [1.54, 1.807) is 20.1 Å². The lowest BCUT2D eigenvalue weighted by molar-refractivity contribution is -0.146. The highest BCUT2D eigenvalue weighted by molar-refractivity contribution is 6.30. The molecular weight excluding hydrogens is 407 g/mol. The summed E-state index contributed by atoms with van der Waals surface area (Å²) < 4.78 is 24.3. The van der Waals surface area contributed by atoms with Crippen molar-refractivity contribution in [1.82, 2.24) is 5.32 Å². The maximum Gasteiger partial charge on any atom is 0.323 e. The number of nitrogens with two attached hydrogens (primary N) is 1. The van der Waals surface area contributed by atoms with Gasteiger partial charge in [-0.1, -0.05) is 35.9 Å². The third-order valence-electron chi connectivity index (χ3n) is 4.72. The quantitative estimate of drug-likeness (QED) is 0.389. The highest BCUT2D eigenvalue weighted by Gasteiger charge is 2.22. The Bertz CT molecular complexity index is 802. The molecule has 2 aromatic carbocycles. The average molecular weight is 437 g/mol. The molecule has 0 spiro atoms. The fourth-order valence-corrected chi connectivity index (χ4v) is 3.40. The fraction of sp³-hybridized carbons (Fsp3) is 0.435. The molecule has 3 N–H and O–H groups in total. The number of ether oxygens (including phenoxy) is 2. The molecule has 0 aliphatic heterocycles. The van der Waals surface area contributed by atoms with Crippen molar-refractivity contribution in [3.63, 3.8) is 0 Å². The van der Waals surface area contributed by atoms with Crippen LogP contribution in [0.5, 0.6) is 0 Å². The summed E-state index contributed by atoms with van der Waals surface area (Å²) in [5.74, 6) is -0.613. The molecule has 0 saturated heterocycles. The number of hydrogen-bond acceptors (Lipinski definition) is 5. The Kier molecular flexibility index (Phi) is 10.2. The van der Waals surface area contributed by atoms with E-state index in [-0.39, 0.29) is 17.8 Å². The Morgan fingerprint density at radius 1 is 1.23 bits per heavy atom. The van der Waals surface area contributed by atoms with Gasteiger partial charge in [-0.15, -0.1) is 0 Å². The summed E-state index contributed by atoms with van der Waals surface area (Å²) in [6, 6.07) is 11.3. The first-order valence-electron chi connectivity index (χ1n) is 10.1. The molecule has 30 heavy (non-hydrogen) atoms. The van der Waals surface area contributed by atoms with Crippen molar-refractivity contribution in [2.45, 2.75) is 38.3 Å². The number of carbonyl (C=O) groups is 1. The van der Waals surface area contributed by atoms with Crippen LogP contribution in [0.4, 0.5) is 4.39 Å². The van der Waals surface area contributed by atoms with Crippen LogP contribution >= 0.6 is 11.6 Å². The van der Waals surface area contributed by atoms with E-state index < -0.39 is 6.04 Å². The van der Waals surface area contributed by atoms with Crippen LogP contribution in [0.15, 0.2) is 42.5 Å². The van der Waals surface area contributed by atoms with Gasteiger partial charge in [0.25, 0.3) is 0 Å². The van der Waals surface area contributed by atoms with Crippen LogP contribution in [0.1, 0.15) is 25.3 Å². The van der Waals surface area contributed by atoms with Gasteiger partial charge in [-0.25, -0.2) is 4.39 Å². The number of rotatable bonds is 12. The summed E-state index contributed by atoms with van der Waals surface area (Å²) in [5.41, 5.74) is 8.53. The van der Waals surface area contributed by atoms with E-state index in [0.717, 1.165) is 17.5 Å². The molecular formula is C23H30ClFN2O3. The zero-order valence-corrected chi connectivity index (χ0v) is 18.3. The highest BCUT2D eigenvalue weighted by Crippen LogP contribution is 2.26. The van der Waals surface area contributed by atoms with Gasteiger partial charge in [0.15, 0.2) is 0 Å². The van der Waals surface area contributed by atoms with E-state index in [1.807, 2.05) is 24.3 Å². The first-order chi connectivity index (χ1) is 14.4. The van der Waals surface area contributed by atoms with E-state index in [9.17, 15) is 9.18 Å². The van der Waals surface area contributed by atoms with Gasteiger partial charge in [-0.05, 0) is 62.1 Å². The summed E-state index contributed by atoms with van der Waals surface area (Å²) in [4.78, 5) is 12.2. The number of hydrogen-bond donors (Lipinski definition) is 2. The largest absolute Gasteiger partial charge is 0.465 e. The van der Waals surface area contributed by atoms with Crippen LogP contribution in [-0.2, 0) is 20.7 Å². The molecule has 7 heteroatoms. The Morgan fingerprint density at radius 3 is 2.63 bits per heavy atom. The van der Waals surface area contributed by atoms with Crippen molar-refractivity contribution in [2.75, 3.05) is 26.9 Å². The first kappa shape index (κ1) is 24.3. The number of esters is 1. The minimum atomic E-state index is -0.461. The lowest BCUT2D eigenvalue weighted by Crippen LogP contribution is -2.43. The van der Waals surface area contributed by atoms with E-state index in [2.05, 4.69) is 5.32 Å². The van der Waals surface area contributed by atoms with Crippen LogP contribution in [0.3, 0.4) is 0 Å². The molecule has 5 nitrogen and oxygen atoms in total. The van der Waals surface area contributed by atoms with E-state index in [0.29, 0.717) is 43.2 Å². The molecule has 0 bridgehead atoms. The second-order valence-electron chi connectivity index (χ2n) is 7.13. The Balaban J connectivity index is 1.98. The minimum absolute atomic E-state index is 0.233. The monoisotopic (exact) mass is 436 g/mol. The van der Waals surface area contributed by atoms with E-state index in [1.165, 1.54) is 12.1 Å². The molecule has 0 aromatic heterocycles. The molecule has 2 aromatic rings. The molecule has 164 valence electrons. The summed E-state index contributed by atoms with van der Waals surface area (Å²) in [6.45, 7) is 3.37. The van der Waals surface area contributed by atoms with Crippen LogP contribution in [0.2, 0.25) is 5.02 Å². The molecule has 0 aliphatic rings. The molecule has 2 rings (SSSR count). The smallest absolute Gasteiger partial charge is 0.323 e. The predicted molar refractivity (Wildman–Crippen MR) is 118 cm³/mol. The molecule has 0 amide bonds. The maximum atomic E-state index is 14.1. The maximum absolute atomic E-state index is 14.1. The van der Waals surface area contributed by atoms with Gasteiger partial charge >= 0.3 is 5.97 Å². The van der Waals surface area contributed by atoms with Crippen LogP contribution in [0, 0.1) is 5.82 Å².